The normalized spacial score (nSPS) is 15.7. The molecule has 0 spiro atoms. The molecule has 0 N–H and O–H groups in total. The van der Waals surface area contributed by atoms with E-state index in [1.54, 1.807) is 6.26 Å². The molecule has 0 saturated carbocycles. The van der Waals surface area contributed by atoms with Crippen LogP contribution in [0.2, 0.25) is 0 Å². The summed E-state index contributed by atoms with van der Waals surface area (Å²) in [7, 11) is 0. The molecule has 3 heterocycles. The summed E-state index contributed by atoms with van der Waals surface area (Å²) in [6.07, 6.45) is 12.1. The molecule has 198 valence electrons. The van der Waals surface area contributed by atoms with Gasteiger partial charge < -0.3 is 9.30 Å². The number of pyridine rings is 1. The molecule has 8 rings (SSSR count). The molecule has 0 amide bonds. The first-order valence-corrected chi connectivity index (χ1v) is 14.1. The van der Waals surface area contributed by atoms with E-state index in [2.05, 4.69) is 125 Å². The molecule has 0 radical (unpaired) electrons. The Labute approximate surface area is 244 Å². The number of aromatic nitrogens is 2. The molecule has 0 atom stereocenters. The number of para-hydroxylation sites is 1. The average molecular weight is 539 g/mol. The molecule has 0 saturated heterocycles. The molecule has 0 aliphatic carbocycles. The molecule has 2 aromatic heterocycles. The molecule has 42 heavy (non-hydrogen) atoms. The van der Waals surface area contributed by atoms with Gasteiger partial charge in [0.1, 0.15) is 5.75 Å². The summed E-state index contributed by atoms with van der Waals surface area (Å²) in [5.41, 5.74) is 8.91. The van der Waals surface area contributed by atoms with Gasteiger partial charge in [-0.2, -0.15) is 0 Å². The maximum Gasteiger partial charge on any atom is 0.134 e. The zero-order valence-corrected chi connectivity index (χ0v) is 22.8. The van der Waals surface area contributed by atoms with Gasteiger partial charge in [-0.25, -0.2) is 0 Å². The Balaban J connectivity index is 1.27. The fourth-order valence-electron chi connectivity index (χ4n) is 6.02. The molecule has 1 aliphatic rings. The van der Waals surface area contributed by atoms with Crippen molar-refractivity contribution in [2.24, 2.45) is 0 Å². The van der Waals surface area contributed by atoms with Crippen LogP contribution in [0.25, 0.3) is 61.2 Å². The van der Waals surface area contributed by atoms with Crippen LogP contribution in [0.15, 0.2) is 152 Å². The third-order valence-corrected chi connectivity index (χ3v) is 7.96. The summed E-state index contributed by atoms with van der Waals surface area (Å²) in [6.45, 7) is 0. The highest BCUT2D eigenvalue weighted by Gasteiger charge is 2.14. The second kappa shape index (κ2) is 10.1. The Morgan fingerprint density at radius 2 is 1.48 bits per heavy atom. The van der Waals surface area contributed by atoms with Crippen LogP contribution in [0.1, 0.15) is 11.1 Å². The van der Waals surface area contributed by atoms with Gasteiger partial charge >= 0.3 is 0 Å². The van der Waals surface area contributed by atoms with E-state index in [-0.39, 0.29) is 0 Å². The first-order valence-electron chi connectivity index (χ1n) is 14.1. The van der Waals surface area contributed by atoms with Crippen molar-refractivity contribution in [3.8, 4) is 22.7 Å². The van der Waals surface area contributed by atoms with E-state index in [1.807, 2.05) is 36.5 Å². The molecule has 3 nitrogen and oxygen atoms in total. The molecule has 7 aromatic rings. The zero-order valence-electron chi connectivity index (χ0n) is 22.8. The minimum absolute atomic E-state index is 0.863. The number of ether oxygens (including phenoxy) is 1. The predicted molar refractivity (Wildman–Crippen MR) is 175 cm³/mol. The Bertz CT molecular complexity index is 2210. The van der Waals surface area contributed by atoms with Gasteiger partial charge in [-0.3, -0.25) is 4.98 Å². The minimum atomic E-state index is 0.863. The van der Waals surface area contributed by atoms with Gasteiger partial charge in [-0.05, 0) is 76.7 Å². The summed E-state index contributed by atoms with van der Waals surface area (Å²) < 4.78 is 8.43. The van der Waals surface area contributed by atoms with E-state index in [4.69, 9.17) is 4.74 Å². The van der Waals surface area contributed by atoms with Crippen LogP contribution >= 0.6 is 0 Å². The molecule has 0 unspecified atom stereocenters. The van der Waals surface area contributed by atoms with Crippen molar-refractivity contribution in [2.75, 3.05) is 0 Å². The van der Waals surface area contributed by atoms with Gasteiger partial charge in [0, 0.05) is 33.6 Å². The van der Waals surface area contributed by atoms with Crippen molar-refractivity contribution in [3.05, 3.63) is 163 Å². The number of benzene rings is 5. The first-order chi connectivity index (χ1) is 20.8. The van der Waals surface area contributed by atoms with E-state index in [1.165, 1.54) is 21.8 Å². The number of hydrogen-bond acceptors (Lipinski definition) is 2. The number of hydrogen-bond donors (Lipinski definition) is 0. The number of allylic oxidation sites excluding steroid dienone is 4. The van der Waals surface area contributed by atoms with E-state index in [9.17, 15) is 0 Å². The molecular weight excluding hydrogens is 512 g/mol. The summed E-state index contributed by atoms with van der Waals surface area (Å²) in [4.78, 5) is 4.57. The topological polar surface area (TPSA) is 27.1 Å². The van der Waals surface area contributed by atoms with Gasteiger partial charge in [-0.15, -0.1) is 0 Å². The fraction of sp³-hybridized carbons (Fsp3) is 0. The average Bonchev–Trinajstić information content (AvgIpc) is 3.38. The minimum Gasteiger partial charge on any atom is -0.464 e. The lowest BCUT2D eigenvalue weighted by molar-refractivity contribution is 0.487. The largest absolute Gasteiger partial charge is 0.464 e. The molecule has 0 fully saturated rings. The third-order valence-electron chi connectivity index (χ3n) is 7.96. The standard InChI is InChI=1S/C39H26N2O/c1-2-17-36-33(15-1)34-26-30(21-22-37(34)41(36)32-14-6-12-31(25-32)35-16-3-4-23-40-35)27-13-8-24-42-38-18-7-11-28-9-5-10-29(20-19-27)39(28)38/h1-26H/b20-19+,24-8+,27-13+. The lowest BCUT2D eigenvalue weighted by atomic mass is 9.99. The SMILES string of the molecule is C1=C\Oc2cccc3cccc(c23)/C=C/C(c2ccc3c(c2)c2ccccc2n3-c2cccc(-c3ccccn3)c2)=C\1. The predicted octanol–water partition coefficient (Wildman–Crippen LogP) is 10.0. The van der Waals surface area contributed by atoms with Crippen molar-refractivity contribution >= 4 is 44.2 Å². The summed E-state index contributed by atoms with van der Waals surface area (Å²) in [6, 6.07) is 42.6. The van der Waals surface area contributed by atoms with Crippen LogP contribution < -0.4 is 4.74 Å². The lowest BCUT2D eigenvalue weighted by Crippen LogP contribution is -1.95. The van der Waals surface area contributed by atoms with Crippen molar-refractivity contribution in [3.63, 3.8) is 0 Å². The van der Waals surface area contributed by atoms with Crippen LogP contribution in [0.4, 0.5) is 0 Å². The van der Waals surface area contributed by atoms with Gasteiger partial charge in [0.2, 0.25) is 0 Å². The number of rotatable bonds is 3. The van der Waals surface area contributed by atoms with Crippen LogP contribution in [-0.2, 0) is 0 Å². The third kappa shape index (κ3) is 4.11. The van der Waals surface area contributed by atoms with Crippen molar-refractivity contribution in [1.29, 1.82) is 0 Å². The summed E-state index contributed by atoms with van der Waals surface area (Å²) >= 11 is 0. The molecule has 0 bridgehead atoms. The van der Waals surface area contributed by atoms with Crippen molar-refractivity contribution in [2.45, 2.75) is 0 Å². The van der Waals surface area contributed by atoms with Crippen LogP contribution in [0, 0.1) is 0 Å². The Morgan fingerprint density at radius 1 is 0.619 bits per heavy atom. The second-order valence-corrected chi connectivity index (χ2v) is 10.5. The van der Waals surface area contributed by atoms with Crippen molar-refractivity contribution < 1.29 is 4.74 Å². The molecular formula is C39H26N2O. The maximum absolute atomic E-state index is 6.08. The van der Waals surface area contributed by atoms with E-state index in [0.29, 0.717) is 0 Å². The maximum atomic E-state index is 6.08. The monoisotopic (exact) mass is 538 g/mol. The van der Waals surface area contributed by atoms with Crippen molar-refractivity contribution in [1.82, 2.24) is 9.55 Å². The summed E-state index contributed by atoms with van der Waals surface area (Å²) in [5.74, 6) is 0.863. The second-order valence-electron chi connectivity index (χ2n) is 10.5. The van der Waals surface area contributed by atoms with Gasteiger partial charge in [0.25, 0.3) is 0 Å². The Kier molecular flexibility index (Phi) is 5.79. The van der Waals surface area contributed by atoms with Crippen LogP contribution in [0.3, 0.4) is 0 Å². The van der Waals surface area contributed by atoms with E-state index < -0.39 is 0 Å². The highest BCUT2D eigenvalue weighted by molar-refractivity contribution is 6.10. The smallest absolute Gasteiger partial charge is 0.134 e. The molecule has 1 aliphatic heterocycles. The fourth-order valence-corrected chi connectivity index (χ4v) is 6.02. The summed E-state index contributed by atoms with van der Waals surface area (Å²) in [5, 5.41) is 4.72. The first kappa shape index (κ1) is 24.2. The van der Waals surface area contributed by atoms with Crippen LogP contribution in [-0.4, -0.2) is 9.55 Å². The number of fused-ring (bicyclic) bond motifs is 3. The number of nitrogens with zero attached hydrogens (tertiary/aromatic N) is 2. The zero-order chi connectivity index (χ0) is 27.9. The molecule has 5 aromatic carbocycles. The van der Waals surface area contributed by atoms with Crippen LogP contribution in [0.5, 0.6) is 5.75 Å². The van der Waals surface area contributed by atoms with E-state index in [0.717, 1.165) is 50.2 Å². The van der Waals surface area contributed by atoms with Gasteiger partial charge in [0.05, 0.1) is 23.0 Å². The highest BCUT2D eigenvalue weighted by atomic mass is 16.5. The van der Waals surface area contributed by atoms with E-state index >= 15 is 0 Å². The van der Waals surface area contributed by atoms with Gasteiger partial charge in [0.15, 0.2) is 0 Å². The Morgan fingerprint density at radius 3 is 2.40 bits per heavy atom. The molecule has 3 heteroatoms. The Hall–Kier alpha value is -5.67. The van der Waals surface area contributed by atoms with Gasteiger partial charge in [-0.1, -0.05) is 91.0 Å². The highest BCUT2D eigenvalue weighted by Crippen LogP contribution is 2.36. The quantitative estimate of drug-likeness (QED) is 0.224. The lowest BCUT2D eigenvalue weighted by Gasteiger charge is -2.11.